The van der Waals surface area contributed by atoms with E-state index >= 15 is 0 Å². The molecule has 0 saturated carbocycles. The molecule has 0 aliphatic carbocycles. The standard InChI is InChI=1S/C24H30N2O2/c1-3-5-9-15-26(16-10-6-4-2)24(27)20-18-22(23-14-11-17-28-23)25-21-13-8-7-12-19(20)21/h7-8,11-14,17-18H,3-6,9-10,15-16H2,1-2H3. The number of hydrogen-bond acceptors (Lipinski definition) is 3. The summed E-state index contributed by atoms with van der Waals surface area (Å²) in [6.07, 6.45) is 8.31. The number of unbranched alkanes of at least 4 members (excludes halogenated alkanes) is 4. The predicted octanol–water partition coefficient (Wildman–Crippen LogP) is 6.32. The number of nitrogens with zero attached hydrogens (tertiary/aromatic N) is 2. The highest BCUT2D eigenvalue weighted by Crippen LogP contribution is 2.26. The van der Waals surface area contributed by atoms with Gasteiger partial charge < -0.3 is 9.32 Å². The number of hydrogen-bond donors (Lipinski definition) is 0. The maximum absolute atomic E-state index is 13.5. The molecular formula is C24H30N2O2. The van der Waals surface area contributed by atoms with Gasteiger partial charge in [-0.2, -0.15) is 0 Å². The maximum Gasteiger partial charge on any atom is 0.254 e. The van der Waals surface area contributed by atoms with E-state index in [-0.39, 0.29) is 5.91 Å². The quantitative estimate of drug-likeness (QED) is 0.388. The Kier molecular flexibility index (Phi) is 7.24. The third-order valence-electron chi connectivity index (χ3n) is 5.07. The molecule has 0 saturated heterocycles. The van der Waals surface area contributed by atoms with E-state index in [1.54, 1.807) is 6.26 Å². The van der Waals surface area contributed by atoms with Gasteiger partial charge in [-0.05, 0) is 37.1 Å². The van der Waals surface area contributed by atoms with Crippen molar-refractivity contribution >= 4 is 16.8 Å². The third-order valence-corrected chi connectivity index (χ3v) is 5.07. The molecule has 2 aromatic heterocycles. The van der Waals surface area contributed by atoms with Crippen LogP contribution in [0, 0.1) is 0 Å². The van der Waals surface area contributed by atoms with Crippen LogP contribution in [0.1, 0.15) is 62.7 Å². The van der Waals surface area contributed by atoms with Crippen molar-refractivity contribution < 1.29 is 9.21 Å². The zero-order valence-corrected chi connectivity index (χ0v) is 17.0. The summed E-state index contributed by atoms with van der Waals surface area (Å²) in [5.41, 5.74) is 2.24. The van der Waals surface area contributed by atoms with Crippen LogP contribution in [0.15, 0.2) is 53.1 Å². The number of carbonyl (C=O) groups excluding carboxylic acids is 1. The highest BCUT2D eigenvalue weighted by atomic mass is 16.3. The van der Waals surface area contributed by atoms with E-state index in [9.17, 15) is 4.79 Å². The van der Waals surface area contributed by atoms with Gasteiger partial charge in [0, 0.05) is 18.5 Å². The summed E-state index contributed by atoms with van der Waals surface area (Å²) < 4.78 is 5.54. The van der Waals surface area contributed by atoms with Gasteiger partial charge in [0.05, 0.1) is 17.3 Å². The second kappa shape index (κ2) is 10.1. The molecule has 3 aromatic rings. The van der Waals surface area contributed by atoms with Crippen LogP contribution in [-0.4, -0.2) is 28.9 Å². The Balaban J connectivity index is 1.96. The number of rotatable bonds is 10. The predicted molar refractivity (Wildman–Crippen MR) is 114 cm³/mol. The molecule has 0 N–H and O–H groups in total. The summed E-state index contributed by atoms with van der Waals surface area (Å²) in [6.45, 7) is 6.00. The Hall–Kier alpha value is -2.62. The minimum absolute atomic E-state index is 0.0959. The van der Waals surface area contributed by atoms with Crippen LogP contribution in [-0.2, 0) is 0 Å². The summed E-state index contributed by atoms with van der Waals surface area (Å²) in [7, 11) is 0. The van der Waals surface area contributed by atoms with Crippen molar-refractivity contribution in [3.63, 3.8) is 0 Å². The molecule has 4 heteroatoms. The molecule has 0 bridgehead atoms. The van der Waals surface area contributed by atoms with Gasteiger partial charge >= 0.3 is 0 Å². The van der Waals surface area contributed by atoms with Gasteiger partial charge in [0.25, 0.3) is 5.91 Å². The molecule has 0 unspecified atom stereocenters. The largest absolute Gasteiger partial charge is 0.463 e. The van der Waals surface area contributed by atoms with Gasteiger partial charge in [0.2, 0.25) is 0 Å². The van der Waals surface area contributed by atoms with Crippen LogP contribution in [0.25, 0.3) is 22.4 Å². The third kappa shape index (κ3) is 4.80. The molecule has 3 rings (SSSR count). The first-order chi connectivity index (χ1) is 13.7. The summed E-state index contributed by atoms with van der Waals surface area (Å²) >= 11 is 0. The fourth-order valence-electron chi connectivity index (χ4n) is 3.49. The van der Waals surface area contributed by atoms with E-state index in [4.69, 9.17) is 9.40 Å². The van der Waals surface area contributed by atoms with E-state index < -0.39 is 0 Å². The molecule has 1 amide bonds. The second-order valence-corrected chi connectivity index (χ2v) is 7.26. The van der Waals surface area contributed by atoms with E-state index in [0.717, 1.165) is 62.5 Å². The average Bonchev–Trinajstić information content (AvgIpc) is 3.26. The highest BCUT2D eigenvalue weighted by molar-refractivity contribution is 6.07. The van der Waals surface area contributed by atoms with Crippen LogP contribution >= 0.6 is 0 Å². The number of fused-ring (bicyclic) bond motifs is 1. The van der Waals surface area contributed by atoms with Crippen LogP contribution in [0.4, 0.5) is 0 Å². The number of furan rings is 1. The van der Waals surface area contributed by atoms with Gasteiger partial charge in [0.1, 0.15) is 5.69 Å². The molecule has 148 valence electrons. The van der Waals surface area contributed by atoms with Crippen LogP contribution in [0.5, 0.6) is 0 Å². The normalized spacial score (nSPS) is 11.1. The number of amides is 1. The summed E-state index contributed by atoms with van der Waals surface area (Å²) in [5, 5.41) is 0.902. The molecule has 2 heterocycles. The lowest BCUT2D eigenvalue weighted by atomic mass is 10.0. The molecule has 4 nitrogen and oxygen atoms in total. The topological polar surface area (TPSA) is 46.3 Å². The van der Waals surface area contributed by atoms with Gasteiger partial charge in [-0.15, -0.1) is 0 Å². The van der Waals surface area contributed by atoms with Gasteiger partial charge in [0.15, 0.2) is 5.76 Å². The minimum atomic E-state index is 0.0959. The summed E-state index contributed by atoms with van der Waals surface area (Å²) in [5.74, 6) is 0.780. The zero-order chi connectivity index (χ0) is 19.8. The Morgan fingerprint density at radius 1 is 0.964 bits per heavy atom. The molecule has 0 atom stereocenters. The Morgan fingerprint density at radius 2 is 1.68 bits per heavy atom. The fourth-order valence-corrected chi connectivity index (χ4v) is 3.49. The van der Waals surface area contributed by atoms with Crippen molar-refractivity contribution in [1.29, 1.82) is 0 Å². The fraction of sp³-hybridized carbons (Fsp3) is 0.417. The Morgan fingerprint density at radius 3 is 2.32 bits per heavy atom. The van der Waals surface area contributed by atoms with E-state index in [1.165, 1.54) is 0 Å². The van der Waals surface area contributed by atoms with Crippen molar-refractivity contribution in [2.24, 2.45) is 0 Å². The molecule has 1 aromatic carbocycles. The van der Waals surface area contributed by atoms with Crippen molar-refractivity contribution in [2.45, 2.75) is 52.4 Å². The number of para-hydroxylation sites is 1. The molecule has 0 fully saturated rings. The van der Waals surface area contributed by atoms with Crippen molar-refractivity contribution in [3.05, 3.63) is 54.3 Å². The summed E-state index contributed by atoms with van der Waals surface area (Å²) in [6, 6.07) is 13.5. The van der Waals surface area contributed by atoms with Crippen molar-refractivity contribution in [3.8, 4) is 11.5 Å². The zero-order valence-electron chi connectivity index (χ0n) is 17.0. The van der Waals surface area contributed by atoms with E-state index in [2.05, 4.69) is 13.8 Å². The van der Waals surface area contributed by atoms with E-state index in [0.29, 0.717) is 17.0 Å². The Bertz CT molecular complexity index is 877. The van der Waals surface area contributed by atoms with E-state index in [1.807, 2.05) is 47.4 Å². The molecule has 0 spiro atoms. The lowest BCUT2D eigenvalue weighted by Crippen LogP contribution is -2.33. The average molecular weight is 379 g/mol. The second-order valence-electron chi connectivity index (χ2n) is 7.26. The molecule has 0 aliphatic heterocycles. The lowest BCUT2D eigenvalue weighted by Gasteiger charge is -2.23. The number of aromatic nitrogens is 1. The van der Waals surface area contributed by atoms with Crippen LogP contribution in [0.3, 0.4) is 0 Å². The smallest absolute Gasteiger partial charge is 0.254 e. The monoisotopic (exact) mass is 378 g/mol. The SMILES string of the molecule is CCCCCN(CCCCC)C(=O)c1cc(-c2ccco2)nc2ccccc12. The highest BCUT2D eigenvalue weighted by Gasteiger charge is 2.20. The first-order valence-corrected chi connectivity index (χ1v) is 10.5. The van der Waals surface area contributed by atoms with Gasteiger partial charge in [-0.25, -0.2) is 4.98 Å². The molecular weight excluding hydrogens is 348 g/mol. The van der Waals surface area contributed by atoms with Crippen molar-refractivity contribution in [1.82, 2.24) is 9.88 Å². The van der Waals surface area contributed by atoms with Gasteiger partial charge in [-0.1, -0.05) is 57.7 Å². The maximum atomic E-state index is 13.5. The number of benzene rings is 1. The molecule has 0 radical (unpaired) electrons. The lowest BCUT2D eigenvalue weighted by molar-refractivity contribution is 0.0751. The summed E-state index contributed by atoms with van der Waals surface area (Å²) in [4.78, 5) is 20.3. The first-order valence-electron chi connectivity index (χ1n) is 10.5. The number of carbonyl (C=O) groups is 1. The van der Waals surface area contributed by atoms with Crippen LogP contribution in [0.2, 0.25) is 0 Å². The van der Waals surface area contributed by atoms with Crippen molar-refractivity contribution in [2.75, 3.05) is 13.1 Å². The Labute approximate surface area is 167 Å². The first kappa shape index (κ1) is 20.1. The minimum Gasteiger partial charge on any atom is -0.463 e. The number of pyridine rings is 1. The van der Waals surface area contributed by atoms with Gasteiger partial charge in [-0.3, -0.25) is 4.79 Å². The molecule has 0 aliphatic rings. The molecule has 28 heavy (non-hydrogen) atoms. The van der Waals surface area contributed by atoms with Crippen LogP contribution < -0.4 is 0 Å².